The van der Waals surface area contributed by atoms with Gasteiger partial charge < -0.3 is 9.84 Å². The number of aromatic hydroxyl groups is 1. The Hall–Kier alpha value is -1.51. The smallest absolute Gasteiger partial charge is 0.164 e. The maximum atomic E-state index is 11.0. The number of hydrogen-bond acceptors (Lipinski definition) is 3. The lowest BCUT2D eigenvalue weighted by atomic mass is 9.54. The van der Waals surface area contributed by atoms with Crippen LogP contribution in [-0.2, 0) is 6.42 Å². The average Bonchev–Trinajstić information content (AvgIpc) is 2.38. The summed E-state index contributed by atoms with van der Waals surface area (Å²) >= 11 is 0. The molecule has 2 aliphatic rings. The number of phenols is 1. The highest BCUT2D eigenvalue weighted by Gasteiger charge is 2.53. The van der Waals surface area contributed by atoms with Crippen molar-refractivity contribution in [2.75, 3.05) is 0 Å². The molecule has 3 nitrogen and oxygen atoms in total. The van der Waals surface area contributed by atoms with Crippen molar-refractivity contribution in [3.8, 4) is 11.5 Å². The molecule has 3 rings (SSSR count). The lowest BCUT2D eigenvalue weighted by Crippen LogP contribution is -2.53. The molecule has 0 amide bonds. The number of phenolic OH excluding ortho intramolecular Hbond substituents is 1. The van der Waals surface area contributed by atoms with Crippen LogP contribution in [0.1, 0.15) is 56.0 Å². The summed E-state index contributed by atoms with van der Waals surface area (Å²) < 4.78 is 6.14. The molecule has 0 saturated heterocycles. The molecule has 0 aromatic heterocycles. The molecule has 108 valence electrons. The second-order valence-corrected chi connectivity index (χ2v) is 7.12. The highest BCUT2D eigenvalue weighted by atomic mass is 16.5. The molecule has 0 radical (unpaired) electrons. The SMILES string of the molecule is CC1(C)CCCC2Oc3c(O)cc(C=O)cc3C[C@@]21C. The molecule has 1 fully saturated rings. The molecule has 0 bridgehead atoms. The molecule has 0 spiro atoms. The monoisotopic (exact) mass is 274 g/mol. The van der Waals surface area contributed by atoms with Gasteiger partial charge in [-0.2, -0.15) is 0 Å². The standard InChI is InChI=1S/C17H22O3/c1-16(2)6-4-5-14-17(16,3)9-12-7-11(10-18)8-13(19)15(12)20-14/h7-8,10,14,19H,4-6,9H2,1-3H3/t14?,17-/m0/s1. The molecule has 1 aliphatic heterocycles. The van der Waals surface area contributed by atoms with E-state index in [1.807, 2.05) is 6.07 Å². The normalized spacial score (nSPS) is 30.9. The van der Waals surface area contributed by atoms with Gasteiger partial charge in [0.2, 0.25) is 0 Å². The van der Waals surface area contributed by atoms with Crippen LogP contribution >= 0.6 is 0 Å². The van der Waals surface area contributed by atoms with Crippen LogP contribution in [0.5, 0.6) is 11.5 Å². The third-order valence-corrected chi connectivity index (χ3v) is 5.65. The van der Waals surface area contributed by atoms with E-state index in [-0.39, 0.29) is 22.7 Å². The molecule has 2 atom stereocenters. The highest BCUT2D eigenvalue weighted by Crippen LogP contribution is 2.57. The minimum atomic E-state index is 0.0478. The van der Waals surface area contributed by atoms with Crippen molar-refractivity contribution in [3.05, 3.63) is 23.3 Å². The number of ether oxygens (including phenoxy) is 1. The van der Waals surface area contributed by atoms with Crippen molar-refractivity contribution in [1.82, 2.24) is 0 Å². The molecular weight excluding hydrogens is 252 g/mol. The second kappa shape index (κ2) is 4.24. The fraction of sp³-hybridized carbons (Fsp3) is 0.588. The molecule has 3 heteroatoms. The summed E-state index contributed by atoms with van der Waals surface area (Å²) in [5.41, 5.74) is 1.72. The number of hydrogen-bond donors (Lipinski definition) is 1. The molecule has 1 saturated carbocycles. The Bertz CT molecular complexity index is 562. The fourth-order valence-electron chi connectivity index (χ4n) is 3.88. The summed E-state index contributed by atoms with van der Waals surface area (Å²) in [5, 5.41) is 10.1. The van der Waals surface area contributed by atoms with E-state index in [1.54, 1.807) is 0 Å². The predicted molar refractivity (Wildman–Crippen MR) is 77.4 cm³/mol. The van der Waals surface area contributed by atoms with E-state index < -0.39 is 0 Å². The quantitative estimate of drug-likeness (QED) is 0.794. The summed E-state index contributed by atoms with van der Waals surface area (Å²) in [4.78, 5) is 11.0. The minimum absolute atomic E-state index is 0.0478. The van der Waals surface area contributed by atoms with Crippen LogP contribution in [0.3, 0.4) is 0 Å². The Morgan fingerprint density at radius 2 is 2.10 bits per heavy atom. The van der Waals surface area contributed by atoms with E-state index in [0.717, 1.165) is 31.1 Å². The molecule has 1 unspecified atom stereocenters. The van der Waals surface area contributed by atoms with Gasteiger partial charge in [-0.25, -0.2) is 0 Å². The number of benzene rings is 1. The maximum Gasteiger partial charge on any atom is 0.164 e. The Kier molecular flexibility index (Phi) is 2.86. The van der Waals surface area contributed by atoms with Crippen molar-refractivity contribution in [2.24, 2.45) is 10.8 Å². The minimum Gasteiger partial charge on any atom is -0.504 e. The molecule has 20 heavy (non-hydrogen) atoms. The molecule has 1 N–H and O–H groups in total. The number of aldehydes is 1. The Labute approximate surface area is 120 Å². The summed E-state index contributed by atoms with van der Waals surface area (Å²) in [6, 6.07) is 3.34. The van der Waals surface area contributed by atoms with Gasteiger partial charge in [0.05, 0.1) is 0 Å². The summed E-state index contributed by atoms with van der Waals surface area (Å²) in [6.45, 7) is 6.89. The van der Waals surface area contributed by atoms with Gasteiger partial charge in [-0.05, 0) is 48.8 Å². The van der Waals surface area contributed by atoms with Gasteiger partial charge in [-0.15, -0.1) is 0 Å². The largest absolute Gasteiger partial charge is 0.504 e. The summed E-state index contributed by atoms with van der Waals surface area (Å²) in [7, 11) is 0. The van der Waals surface area contributed by atoms with Crippen LogP contribution in [0.15, 0.2) is 12.1 Å². The Balaban J connectivity index is 2.09. The van der Waals surface area contributed by atoms with Crippen molar-refractivity contribution in [2.45, 2.75) is 52.6 Å². The zero-order valence-corrected chi connectivity index (χ0v) is 12.4. The van der Waals surface area contributed by atoms with Gasteiger partial charge in [0, 0.05) is 11.0 Å². The molecule has 1 aromatic carbocycles. The predicted octanol–water partition coefficient (Wildman–Crippen LogP) is 3.72. The lowest BCUT2D eigenvalue weighted by molar-refractivity contribution is -0.0847. The molecular formula is C17H22O3. The lowest BCUT2D eigenvalue weighted by Gasteiger charge is -2.55. The third kappa shape index (κ3) is 1.75. The zero-order chi connectivity index (χ0) is 14.5. The van der Waals surface area contributed by atoms with E-state index in [1.165, 1.54) is 12.5 Å². The van der Waals surface area contributed by atoms with Crippen LogP contribution in [0.25, 0.3) is 0 Å². The topological polar surface area (TPSA) is 46.5 Å². The maximum absolute atomic E-state index is 11.0. The average molecular weight is 274 g/mol. The first-order valence-electron chi connectivity index (χ1n) is 7.35. The Morgan fingerprint density at radius 3 is 2.80 bits per heavy atom. The molecule has 1 aliphatic carbocycles. The number of carbonyl (C=O) groups is 1. The molecule has 1 aromatic rings. The van der Waals surface area contributed by atoms with Gasteiger partial charge in [0.25, 0.3) is 0 Å². The summed E-state index contributed by atoms with van der Waals surface area (Å²) in [5.74, 6) is 0.672. The third-order valence-electron chi connectivity index (χ3n) is 5.65. The number of fused-ring (bicyclic) bond motifs is 2. The number of rotatable bonds is 1. The van der Waals surface area contributed by atoms with E-state index in [0.29, 0.717) is 11.3 Å². The second-order valence-electron chi connectivity index (χ2n) is 7.12. The van der Waals surface area contributed by atoms with Gasteiger partial charge in [-0.1, -0.05) is 20.8 Å². The van der Waals surface area contributed by atoms with Crippen LogP contribution in [0, 0.1) is 10.8 Å². The van der Waals surface area contributed by atoms with Gasteiger partial charge in [0.1, 0.15) is 12.4 Å². The summed E-state index contributed by atoms with van der Waals surface area (Å²) in [6.07, 6.45) is 5.17. The van der Waals surface area contributed by atoms with Gasteiger partial charge in [0.15, 0.2) is 11.5 Å². The zero-order valence-electron chi connectivity index (χ0n) is 12.4. The van der Waals surface area contributed by atoms with Crippen LogP contribution < -0.4 is 4.74 Å². The van der Waals surface area contributed by atoms with Gasteiger partial charge >= 0.3 is 0 Å². The van der Waals surface area contributed by atoms with E-state index >= 15 is 0 Å². The first-order chi connectivity index (χ1) is 9.37. The van der Waals surface area contributed by atoms with Crippen molar-refractivity contribution in [1.29, 1.82) is 0 Å². The van der Waals surface area contributed by atoms with Crippen molar-refractivity contribution in [3.63, 3.8) is 0 Å². The fourth-order valence-corrected chi connectivity index (χ4v) is 3.88. The number of carbonyl (C=O) groups excluding carboxylic acids is 1. The van der Waals surface area contributed by atoms with Crippen molar-refractivity contribution < 1.29 is 14.6 Å². The molecule has 1 heterocycles. The van der Waals surface area contributed by atoms with E-state index in [9.17, 15) is 9.90 Å². The van der Waals surface area contributed by atoms with Gasteiger partial charge in [-0.3, -0.25) is 4.79 Å². The first-order valence-corrected chi connectivity index (χ1v) is 7.35. The first kappa shape index (κ1) is 13.5. The van der Waals surface area contributed by atoms with E-state index in [2.05, 4.69) is 20.8 Å². The Morgan fingerprint density at radius 1 is 1.35 bits per heavy atom. The van der Waals surface area contributed by atoms with Crippen LogP contribution in [0.2, 0.25) is 0 Å². The van der Waals surface area contributed by atoms with Crippen molar-refractivity contribution >= 4 is 6.29 Å². The highest BCUT2D eigenvalue weighted by molar-refractivity contribution is 5.77. The van der Waals surface area contributed by atoms with Crippen LogP contribution in [0.4, 0.5) is 0 Å². The van der Waals surface area contributed by atoms with Crippen LogP contribution in [-0.4, -0.2) is 17.5 Å². The van der Waals surface area contributed by atoms with E-state index in [4.69, 9.17) is 4.74 Å².